The van der Waals surface area contributed by atoms with Gasteiger partial charge in [-0.05, 0) is 60.9 Å². The molecule has 0 bridgehead atoms. The van der Waals surface area contributed by atoms with Crippen LogP contribution in [0.1, 0.15) is 60.9 Å². The molecule has 1 saturated heterocycles. The lowest BCUT2D eigenvalue weighted by Crippen LogP contribution is -2.46. The fourth-order valence-corrected chi connectivity index (χ4v) is 4.44. The van der Waals surface area contributed by atoms with Gasteiger partial charge in [0, 0.05) is 18.7 Å². The molecule has 2 atom stereocenters. The Bertz CT molecular complexity index is 872. The van der Waals surface area contributed by atoms with Crippen molar-refractivity contribution in [3.63, 3.8) is 0 Å². The van der Waals surface area contributed by atoms with Gasteiger partial charge in [-0.25, -0.2) is 0 Å². The fourth-order valence-electron chi connectivity index (χ4n) is 4.44. The highest BCUT2D eigenvalue weighted by Gasteiger charge is 2.34. The molecule has 0 spiro atoms. The number of anilines is 1. The molecule has 2 aliphatic rings. The first kappa shape index (κ1) is 21.2. The van der Waals surface area contributed by atoms with Crippen molar-refractivity contribution in [2.24, 2.45) is 0 Å². The summed E-state index contributed by atoms with van der Waals surface area (Å²) < 4.78 is 0. The Morgan fingerprint density at radius 3 is 2.62 bits per heavy atom. The van der Waals surface area contributed by atoms with E-state index in [0.29, 0.717) is 13.0 Å². The van der Waals surface area contributed by atoms with E-state index in [-0.39, 0.29) is 30.3 Å². The van der Waals surface area contributed by atoms with Crippen LogP contribution < -0.4 is 11.1 Å². The number of carbonyl (C=O) groups excluding carboxylic acids is 2. The summed E-state index contributed by atoms with van der Waals surface area (Å²) in [5, 5.41) is 3.24. The number of carbonyl (C=O) groups is 2. The van der Waals surface area contributed by atoms with Gasteiger partial charge in [0.2, 0.25) is 11.8 Å². The van der Waals surface area contributed by atoms with Gasteiger partial charge in [0.1, 0.15) is 6.04 Å². The first-order chi connectivity index (χ1) is 13.6. The molecule has 5 nitrogen and oxygen atoms in total. The summed E-state index contributed by atoms with van der Waals surface area (Å²) in [5.41, 5.74) is 9.91. The summed E-state index contributed by atoms with van der Waals surface area (Å²) >= 11 is 0. The zero-order valence-corrected chi connectivity index (χ0v) is 17.3. The Morgan fingerprint density at radius 1 is 1.07 bits per heavy atom. The first-order valence-electron chi connectivity index (χ1n) is 10.2. The highest BCUT2D eigenvalue weighted by atomic mass is 35.5. The lowest BCUT2D eigenvalue weighted by atomic mass is 9.87. The highest BCUT2D eigenvalue weighted by molar-refractivity contribution is 5.89. The summed E-state index contributed by atoms with van der Waals surface area (Å²) in [5.74, 6) is -0.0387. The van der Waals surface area contributed by atoms with Crippen molar-refractivity contribution in [1.29, 1.82) is 0 Å². The second-order valence-electron chi connectivity index (χ2n) is 7.77. The fraction of sp³-hybridized carbons (Fsp3) is 0.391. The van der Waals surface area contributed by atoms with Crippen molar-refractivity contribution in [3.8, 4) is 0 Å². The monoisotopic (exact) mass is 413 g/mol. The minimum atomic E-state index is -0.576. The maximum absolute atomic E-state index is 13.4. The first-order valence-corrected chi connectivity index (χ1v) is 10.2. The number of amides is 2. The van der Waals surface area contributed by atoms with Crippen LogP contribution in [-0.4, -0.2) is 23.3 Å². The molecule has 0 saturated carbocycles. The molecule has 1 heterocycles. The predicted molar refractivity (Wildman–Crippen MR) is 117 cm³/mol. The van der Waals surface area contributed by atoms with Crippen LogP contribution in [-0.2, 0) is 16.0 Å². The number of benzene rings is 2. The Kier molecular flexibility index (Phi) is 6.80. The summed E-state index contributed by atoms with van der Waals surface area (Å²) in [6, 6.07) is 14.9. The lowest BCUT2D eigenvalue weighted by Gasteiger charge is -2.36. The molecule has 3 N–H and O–H groups in total. The zero-order valence-electron chi connectivity index (χ0n) is 16.5. The third kappa shape index (κ3) is 4.56. The van der Waals surface area contributed by atoms with E-state index in [0.717, 1.165) is 48.9 Å². The van der Waals surface area contributed by atoms with Gasteiger partial charge in [0.15, 0.2) is 0 Å². The lowest BCUT2D eigenvalue weighted by molar-refractivity contribution is -0.143. The van der Waals surface area contributed by atoms with Gasteiger partial charge in [-0.2, -0.15) is 0 Å². The Balaban J connectivity index is 0.00000240. The minimum Gasteiger partial charge on any atom is -0.399 e. The Labute approximate surface area is 178 Å². The quantitative estimate of drug-likeness (QED) is 0.745. The van der Waals surface area contributed by atoms with Gasteiger partial charge in [-0.15, -0.1) is 12.4 Å². The number of nitrogens with two attached hydrogens (primary N) is 1. The average molecular weight is 414 g/mol. The molecule has 4 rings (SSSR count). The van der Waals surface area contributed by atoms with Crippen LogP contribution in [0.15, 0.2) is 48.5 Å². The molecule has 2 aromatic rings. The van der Waals surface area contributed by atoms with Crippen LogP contribution in [0.25, 0.3) is 0 Å². The molecule has 6 heteroatoms. The van der Waals surface area contributed by atoms with Crippen LogP contribution in [0.5, 0.6) is 0 Å². The smallest absolute Gasteiger partial charge is 0.247 e. The number of nitrogens with one attached hydrogen (secondary N) is 1. The van der Waals surface area contributed by atoms with E-state index in [4.69, 9.17) is 5.73 Å². The van der Waals surface area contributed by atoms with Gasteiger partial charge >= 0.3 is 0 Å². The molecule has 2 amide bonds. The second-order valence-corrected chi connectivity index (χ2v) is 7.77. The van der Waals surface area contributed by atoms with Crippen molar-refractivity contribution < 1.29 is 9.59 Å². The standard InChI is InChI=1S/C23H27N3O2.ClH/c24-18-12-13-19-17(15-18)9-6-10-20(19)25-23(28)22(16-7-2-1-3-8-16)26-14-5-4-11-21(26)27;/h1-3,7-8,12-13,15,20,22H,4-6,9-11,14,24H2,(H,25,28);1H. The molecule has 2 aromatic carbocycles. The third-order valence-electron chi connectivity index (χ3n) is 5.83. The van der Waals surface area contributed by atoms with Crippen LogP contribution in [0.3, 0.4) is 0 Å². The highest BCUT2D eigenvalue weighted by Crippen LogP contribution is 2.33. The maximum Gasteiger partial charge on any atom is 0.247 e. The molecule has 1 fully saturated rings. The number of halogens is 1. The van der Waals surface area contributed by atoms with Crippen molar-refractivity contribution in [2.75, 3.05) is 12.3 Å². The SMILES string of the molecule is Cl.Nc1ccc2c(c1)CCCC2NC(=O)C(c1ccccc1)N1CCCCC1=O. The molecule has 0 radical (unpaired) electrons. The topological polar surface area (TPSA) is 75.4 Å². The zero-order chi connectivity index (χ0) is 19.5. The van der Waals surface area contributed by atoms with E-state index in [1.165, 1.54) is 5.56 Å². The number of nitrogen functional groups attached to an aromatic ring is 1. The van der Waals surface area contributed by atoms with Crippen molar-refractivity contribution in [2.45, 2.75) is 50.6 Å². The normalized spacial score (nSPS) is 19.7. The number of likely N-dealkylation sites (tertiary alicyclic amines) is 1. The molecule has 1 aliphatic carbocycles. The van der Waals surface area contributed by atoms with Crippen LogP contribution in [0.4, 0.5) is 5.69 Å². The van der Waals surface area contributed by atoms with Crippen molar-refractivity contribution in [1.82, 2.24) is 10.2 Å². The summed E-state index contributed by atoms with van der Waals surface area (Å²) in [4.78, 5) is 27.7. The number of nitrogens with zero attached hydrogens (tertiary/aromatic N) is 1. The Hall–Kier alpha value is -2.53. The van der Waals surface area contributed by atoms with Crippen molar-refractivity contribution >= 4 is 29.9 Å². The van der Waals surface area contributed by atoms with E-state index < -0.39 is 6.04 Å². The summed E-state index contributed by atoms with van der Waals surface area (Å²) in [6.45, 7) is 0.629. The van der Waals surface area contributed by atoms with Gasteiger partial charge in [-0.1, -0.05) is 36.4 Å². The largest absolute Gasteiger partial charge is 0.399 e. The van der Waals surface area contributed by atoms with Crippen molar-refractivity contribution in [3.05, 3.63) is 65.2 Å². The van der Waals surface area contributed by atoms with Gasteiger partial charge < -0.3 is 16.0 Å². The molecule has 2 unspecified atom stereocenters. The molecule has 154 valence electrons. The molecule has 29 heavy (non-hydrogen) atoms. The number of hydrogen-bond acceptors (Lipinski definition) is 3. The second kappa shape index (κ2) is 9.31. The molecular formula is C23H28ClN3O2. The van der Waals surface area contributed by atoms with Crippen LogP contribution >= 0.6 is 12.4 Å². The maximum atomic E-state index is 13.4. The summed E-state index contributed by atoms with van der Waals surface area (Å²) in [7, 11) is 0. The van der Waals surface area contributed by atoms with E-state index in [2.05, 4.69) is 5.32 Å². The Morgan fingerprint density at radius 2 is 1.86 bits per heavy atom. The number of piperidine rings is 1. The van der Waals surface area contributed by atoms with E-state index >= 15 is 0 Å². The number of hydrogen-bond donors (Lipinski definition) is 2. The molecule has 0 aromatic heterocycles. The number of fused-ring (bicyclic) bond motifs is 1. The van der Waals surface area contributed by atoms with Crippen LogP contribution in [0, 0.1) is 0 Å². The van der Waals surface area contributed by atoms with E-state index in [1.807, 2.05) is 48.5 Å². The molecule has 1 aliphatic heterocycles. The van der Waals surface area contributed by atoms with E-state index in [9.17, 15) is 9.59 Å². The van der Waals surface area contributed by atoms with Gasteiger partial charge in [0.05, 0.1) is 6.04 Å². The minimum absolute atomic E-state index is 0. The summed E-state index contributed by atoms with van der Waals surface area (Å²) in [6.07, 6.45) is 5.25. The average Bonchev–Trinajstić information content (AvgIpc) is 2.70. The van der Waals surface area contributed by atoms with Gasteiger partial charge in [-0.3, -0.25) is 9.59 Å². The van der Waals surface area contributed by atoms with E-state index in [1.54, 1.807) is 4.90 Å². The molecular weight excluding hydrogens is 386 g/mol. The third-order valence-corrected chi connectivity index (χ3v) is 5.83. The van der Waals surface area contributed by atoms with Crippen LogP contribution in [0.2, 0.25) is 0 Å². The number of aryl methyl sites for hydroxylation is 1. The predicted octanol–water partition coefficient (Wildman–Crippen LogP) is 3.94. The van der Waals surface area contributed by atoms with Gasteiger partial charge in [0.25, 0.3) is 0 Å². The number of rotatable bonds is 4.